The van der Waals surface area contributed by atoms with Crippen molar-refractivity contribution in [1.29, 1.82) is 0 Å². The van der Waals surface area contributed by atoms with Gasteiger partial charge in [0.1, 0.15) is 0 Å². The van der Waals surface area contributed by atoms with Gasteiger partial charge in [0.2, 0.25) is 0 Å². The predicted octanol–water partition coefficient (Wildman–Crippen LogP) is 0.877. The van der Waals surface area contributed by atoms with Crippen molar-refractivity contribution < 1.29 is 0 Å². The van der Waals surface area contributed by atoms with E-state index in [0.29, 0.717) is 5.92 Å². The smallest absolute Gasteiger partial charge is 0.0522 e. The molecule has 0 radical (unpaired) electrons. The van der Waals surface area contributed by atoms with Crippen molar-refractivity contribution in [3.8, 4) is 0 Å². The molecule has 1 fully saturated rings. The molecule has 0 bridgehead atoms. The SMILES string of the molecule is c1n[nH]cc1C1CCCNC1. The first-order valence-corrected chi connectivity index (χ1v) is 4.16. The molecule has 3 nitrogen and oxygen atoms in total. The molecule has 0 amide bonds. The van der Waals surface area contributed by atoms with Crippen molar-refractivity contribution in [3.63, 3.8) is 0 Å². The maximum absolute atomic E-state index is 3.94. The molecule has 1 aliphatic heterocycles. The first kappa shape index (κ1) is 6.85. The molecule has 1 atom stereocenters. The summed E-state index contributed by atoms with van der Waals surface area (Å²) < 4.78 is 0. The molecule has 0 saturated carbocycles. The van der Waals surface area contributed by atoms with E-state index in [1.165, 1.54) is 24.9 Å². The molecular weight excluding hydrogens is 138 g/mol. The third-order valence-electron chi connectivity index (χ3n) is 2.29. The van der Waals surface area contributed by atoms with Crippen LogP contribution in [0.25, 0.3) is 0 Å². The van der Waals surface area contributed by atoms with Gasteiger partial charge in [-0.25, -0.2) is 0 Å². The van der Waals surface area contributed by atoms with Crippen LogP contribution in [0.5, 0.6) is 0 Å². The monoisotopic (exact) mass is 151 g/mol. The normalized spacial score (nSPS) is 25.3. The van der Waals surface area contributed by atoms with Gasteiger partial charge in [0.15, 0.2) is 0 Å². The van der Waals surface area contributed by atoms with Gasteiger partial charge in [-0.3, -0.25) is 5.10 Å². The fourth-order valence-corrected chi connectivity index (χ4v) is 1.62. The lowest BCUT2D eigenvalue weighted by Gasteiger charge is -2.21. The van der Waals surface area contributed by atoms with Gasteiger partial charge in [0.05, 0.1) is 6.20 Å². The summed E-state index contributed by atoms with van der Waals surface area (Å²) in [4.78, 5) is 0. The molecule has 3 heteroatoms. The number of piperidine rings is 1. The first-order valence-electron chi connectivity index (χ1n) is 4.16. The number of hydrogen-bond acceptors (Lipinski definition) is 2. The van der Waals surface area contributed by atoms with Gasteiger partial charge < -0.3 is 5.32 Å². The van der Waals surface area contributed by atoms with Gasteiger partial charge in [-0.15, -0.1) is 0 Å². The highest BCUT2D eigenvalue weighted by atomic mass is 15.1. The highest BCUT2D eigenvalue weighted by Gasteiger charge is 2.14. The molecule has 1 aromatic rings. The summed E-state index contributed by atoms with van der Waals surface area (Å²) in [5.41, 5.74) is 1.34. The van der Waals surface area contributed by atoms with Crippen LogP contribution < -0.4 is 5.32 Å². The molecule has 0 spiro atoms. The highest BCUT2D eigenvalue weighted by Crippen LogP contribution is 2.21. The topological polar surface area (TPSA) is 40.7 Å². The zero-order valence-electron chi connectivity index (χ0n) is 6.51. The van der Waals surface area contributed by atoms with Crippen molar-refractivity contribution in [2.24, 2.45) is 0 Å². The Kier molecular flexibility index (Phi) is 1.90. The number of hydrogen-bond donors (Lipinski definition) is 2. The number of aromatic amines is 1. The molecule has 2 rings (SSSR count). The summed E-state index contributed by atoms with van der Waals surface area (Å²) in [5.74, 6) is 0.683. The minimum absolute atomic E-state index is 0.683. The fourth-order valence-electron chi connectivity index (χ4n) is 1.62. The zero-order valence-corrected chi connectivity index (χ0v) is 6.51. The van der Waals surface area contributed by atoms with Crippen molar-refractivity contribution in [2.75, 3.05) is 13.1 Å². The average Bonchev–Trinajstić information content (AvgIpc) is 2.58. The molecule has 1 unspecified atom stereocenters. The number of nitrogens with zero attached hydrogens (tertiary/aromatic N) is 1. The standard InChI is InChI=1S/C8H13N3/c1-2-7(4-9-3-1)8-5-10-11-6-8/h5-7,9H,1-4H2,(H,10,11). The van der Waals surface area contributed by atoms with Crippen LogP contribution in [0, 0.1) is 0 Å². The zero-order chi connectivity index (χ0) is 7.52. The molecule has 0 aliphatic carbocycles. The Labute approximate surface area is 66.2 Å². The van der Waals surface area contributed by atoms with Crippen molar-refractivity contribution >= 4 is 0 Å². The number of nitrogens with one attached hydrogen (secondary N) is 2. The summed E-state index contributed by atoms with van der Waals surface area (Å²) >= 11 is 0. The second kappa shape index (κ2) is 3.05. The summed E-state index contributed by atoms with van der Waals surface area (Å²) in [7, 11) is 0. The summed E-state index contributed by atoms with van der Waals surface area (Å²) in [6, 6.07) is 0. The summed E-state index contributed by atoms with van der Waals surface area (Å²) in [6.45, 7) is 2.29. The van der Waals surface area contributed by atoms with Gasteiger partial charge in [0.25, 0.3) is 0 Å². The maximum atomic E-state index is 3.94. The van der Waals surface area contributed by atoms with E-state index in [1.807, 2.05) is 12.4 Å². The van der Waals surface area contributed by atoms with E-state index < -0.39 is 0 Å². The van der Waals surface area contributed by atoms with Crippen LogP contribution in [0.15, 0.2) is 12.4 Å². The third kappa shape index (κ3) is 1.43. The number of rotatable bonds is 1. The average molecular weight is 151 g/mol. The quantitative estimate of drug-likeness (QED) is 0.625. The van der Waals surface area contributed by atoms with E-state index in [1.54, 1.807) is 0 Å². The molecule has 2 heterocycles. The highest BCUT2D eigenvalue weighted by molar-refractivity contribution is 5.11. The predicted molar refractivity (Wildman–Crippen MR) is 43.4 cm³/mol. The van der Waals surface area contributed by atoms with Crippen molar-refractivity contribution in [3.05, 3.63) is 18.0 Å². The van der Waals surface area contributed by atoms with Crippen LogP contribution in [0.1, 0.15) is 24.3 Å². The van der Waals surface area contributed by atoms with E-state index in [2.05, 4.69) is 15.5 Å². The Morgan fingerprint density at radius 2 is 2.55 bits per heavy atom. The van der Waals surface area contributed by atoms with Gasteiger partial charge in [-0.2, -0.15) is 5.10 Å². The van der Waals surface area contributed by atoms with Gasteiger partial charge in [-0.1, -0.05) is 0 Å². The Hall–Kier alpha value is -0.830. The Bertz CT molecular complexity index is 199. The second-order valence-electron chi connectivity index (χ2n) is 3.07. The van der Waals surface area contributed by atoms with Crippen LogP contribution in [-0.4, -0.2) is 23.3 Å². The molecular formula is C8H13N3. The van der Waals surface area contributed by atoms with Crippen molar-refractivity contribution in [1.82, 2.24) is 15.5 Å². The Balaban J connectivity index is 2.04. The molecule has 60 valence electrons. The van der Waals surface area contributed by atoms with Gasteiger partial charge in [0, 0.05) is 12.7 Å². The van der Waals surface area contributed by atoms with Crippen LogP contribution >= 0.6 is 0 Å². The van der Waals surface area contributed by atoms with E-state index in [0.717, 1.165) is 6.54 Å². The first-order chi connectivity index (χ1) is 5.47. The lowest BCUT2D eigenvalue weighted by Crippen LogP contribution is -2.28. The number of H-pyrrole nitrogens is 1. The van der Waals surface area contributed by atoms with Gasteiger partial charge in [-0.05, 0) is 30.9 Å². The molecule has 1 aliphatic rings. The lowest BCUT2D eigenvalue weighted by atomic mass is 9.94. The van der Waals surface area contributed by atoms with E-state index in [9.17, 15) is 0 Å². The number of aromatic nitrogens is 2. The Morgan fingerprint density at radius 1 is 1.55 bits per heavy atom. The molecule has 1 saturated heterocycles. The molecule has 1 aromatic heterocycles. The van der Waals surface area contributed by atoms with E-state index >= 15 is 0 Å². The molecule has 2 N–H and O–H groups in total. The largest absolute Gasteiger partial charge is 0.316 e. The second-order valence-corrected chi connectivity index (χ2v) is 3.07. The summed E-state index contributed by atoms with van der Waals surface area (Å²) in [6.07, 6.45) is 6.51. The lowest BCUT2D eigenvalue weighted by molar-refractivity contribution is 0.462. The molecule has 0 aromatic carbocycles. The minimum atomic E-state index is 0.683. The third-order valence-corrected chi connectivity index (χ3v) is 2.29. The molecule has 11 heavy (non-hydrogen) atoms. The van der Waals surface area contributed by atoms with E-state index in [4.69, 9.17) is 0 Å². The van der Waals surface area contributed by atoms with E-state index in [-0.39, 0.29) is 0 Å². The summed E-state index contributed by atoms with van der Waals surface area (Å²) in [5, 5.41) is 10.2. The fraction of sp³-hybridized carbons (Fsp3) is 0.625. The van der Waals surface area contributed by atoms with Crippen molar-refractivity contribution in [2.45, 2.75) is 18.8 Å². The van der Waals surface area contributed by atoms with Gasteiger partial charge >= 0.3 is 0 Å². The van der Waals surface area contributed by atoms with Crippen LogP contribution in [0.2, 0.25) is 0 Å². The van der Waals surface area contributed by atoms with Crippen LogP contribution in [-0.2, 0) is 0 Å². The Morgan fingerprint density at radius 3 is 3.18 bits per heavy atom. The van der Waals surface area contributed by atoms with Crippen LogP contribution in [0.4, 0.5) is 0 Å². The minimum Gasteiger partial charge on any atom is -0.316 e. The van der Waals surface area contributed by atoms with Crippen LogP contribution in [0.3, 0.4) is 0 Å². The maximum Gasteiger partial charge on any atom is 0.0522 e.